The molecule has 0 amide bonds. The summed E-state index contributed by atoms with van der Waals surface area (Å²) in [5, 5.41) is 6.39. The average Bonchev–Trinajstić information content (AvgIpc) is 2.73. The van der Waals surface area contributed by atoms with Crippen LogP contribution in [0, 0.1) is 0 Å². The molecule has 0 aliphatic carbocycles. The van der Waals surface area contributed by atoms with Crippen LogP contribution >= 0.6 is 0 Å². The van der Waals surface area contributed by atoms with Crippen molar-refractivity contribution in [1.29, 1.82) is 0 Å². The molecule has 2 heterocycles. The number of benzene rings is 1. The van der Waals surface area contributed by atoms with Crippen molar-refractivity contribution in [1.82, 2.24) is 15.3 Å². The summed E-state index contributed by atoms with van der Waals surface area (Å²) in [6.07, 6.45) is -2.22. The van der Waals surface area contributed by atoms with Gasteiger partial charge in [-0.05, 0) is 38.1 Å². The first-order valence-corrected chi connectivity index (χ1v) is 9.31. The molecule has 0 bridgehead atoms. The Morgan fingerprint density at radius 3 is 2.55 bits per heavy atom. The van der Waals surface area contributed by atoms with Gasteiger partial charge in [0.15, 0.2) is 11.5 Å². The topological polar surface area (TPSA) is 128 Å². The SMILES string of the molecule is COc1c(OC(=O)C(F)(F)F)cccc1C(=O)c1cnc(NC2CCNCC2)nc1N. The number of ether oxygens (including phenoxy) is 2. The van der Waals surface area contributed by atoms with E-state index in [2.05, 4.69) is 25.3 Å². The highest BCUT2D eigenvalue weighted by Crippen LogP contribution is 2.34. The van der Waals surface area contributed by atoms with Gasteiger partial charge in [0.1, 0.15) is 5.82 Å². The maximum Gasteiger partial charge on any atom is 0.491 e. The maximum atomic E-state index is 13.0. The van der Waals surface area contributed by atoms with Crippen molar-refractivity contribution >= 4 is 23.5 Å². The van der Waals surface area contributed by atoms with Gasteiger partial charge in [0.2, 0.25) is 11.7 Å². The van der Waals surface area contributed by atoms with E-state index in [1.165, 1.54) is 18.3 Å². The number of carbonyl (C=O) groups excluding carboxylic acids is 2. The molecule has 1 fully saturated rings. The number of hydrogen-bond donors (Lipinski definition) is 3. The number of nitrogen functional groups attached to an aromatic ring is 1. The molecule has 3 rings (SSSR count). The van der Waals surface area contributed by atoms with Crippen LogP contribution in [0.5, 0.6) is 11.5 Å². The van der Waals surface area contributed by atoms with Crippen molar-refractivity contribution in [3.8, 4) is 11.5 Å². The number of nitrogens with two attached hydrogens (primary N) is 1. The Hall–Kier alpha value is -3.41. The smallest absolute Gasteiger partial charge is 0.491 e. The first-order valence-electron chi connectivity index (χ1n) is 9.31. The molecule has 0 atom stereocenters. The third-order valence-corrected chi connectivity index (χ3v) is 4.60. The molecule has 2 aromatic rings. The van der Waals surface area contributed by atoms with Crippen LogP contribution in [0.4, 0.5) is 24.9 Å². The van der Waals surface area contributed by atoms with Crippen molar-refractivity contribution in [3.63, 3.8) is 0 Å². The molecule has 1 aliphatic heterocycles. The highest BCUT2D eigenvalue weighted by molar-refractivity contribution is 6.13. The van der Waals surface area contributed by atoms with Gasteiger partial charge in [-0.3, -0.25) is 4.79 Å². The summed E-state index contributed by atoms with van der Waals surface area (Å²) in [6, 6.07) is 3.79. The van der Waals surface area contributed by atoms with Crippen LogP contribution in [0.15, 0.2) is 24.4 Å². The highest BCUT2D eigenvalue weighted by atomic mass is 19.4. The Balaban J connectivity index is 1.85. The lowest BCUT2D eigenvalue weighted by molar-refractivity contribution is -0.189. The van der Waals surface area contributed by atoms with Crippen LogP contribution in [0.25, 0.3) is 0 Å². The summed E-state index contributed by atoms with van der Waals surface area (Å²) >= 11 is 0. The summed E-state index contributed by atoms with van der Waals surface area (Å²) in [7, 11) is 1.13. The van der Waals surface area contributed by atoms with E-state index in [9.17, 15) is 22.8 Å². The third kappa shape index (κ3) is 5.20. The van der Waals surface area contributed by atoms with E-state index < -0.39 is 23.7 Å². The van der Waals surface area contributed by atoms with Gasteiger partial charge in [-0.25, -0.2) is 9.78 Å². The van der Waals surface area contributed by atoms with E-state index >= 15 is 0 Å². The highest BCUT2D eigenvalue weighted by Gasteiger charge is 2.42. The lowest BCUT2D eigenvalue weighted by Gasteiger charge is -2.23. The number of halogens is 3. The molecule has 12 heteroatoms. The minimum Gasteiger partial charge on any atom is -0.492 e. The van der Waals surface area contributed by atoms with E-state index in [1.807, 2.05) is 0 Å². The van der Waals surface area contributed by atoms with E-state index in [-0.39, 0.29) is 34.7 Å². The van der Waals surface area contributed by atoms with Crippen molar-refractivity contribution in [2.75, 3.05) is 31.2 Å². The second-order valence-electron chi connectivity index (χ2n) is 6.71. The summed E-state index contributed by atoms with van der Waals surface area (Å²) in [6.45, 7) is 1.72. The van der Waals surface area contributed by atoms with Crippen molar-refractivity contribution in [2.24, 2.45) is 0 Å². The third-order valence-electron chi connectivity index (χ3n) is 4.60. The summed E-state index contributed by atoms with van der Waals surface area (Å²) in [5.74, 6) is -3.89. The van der Waals surface area contributed by atoms with Crippen LogP contribution in [0.2, 0.25) is 0 Å². The van der Waals surface area contributed by atoms with Gasteiger partial charge in [0.05, 0.1) is 18.2 Å². The minimum atomic E-state index is -5.21. The fraction of sp³-hybridized carbons (Fsp3) is 0.368. The molecule has 9 nitrogen and oxygen atoms in total. The molecule has 1 aliphatic rings. The zero-order chi connectivity index (χ0) is 22.6. The first-order chi connectivity index (χ1) is 14.7. The largest absolute Gasteiger partial charge is 0.492 e. The molecular weight excluding hydrogens is 419 g/mol. The molecular formula is C19H20F3N5O4. The lowest BCUT2D eigenvalue weighted by Crippen LogP contribution is -2.35. The van der Waals surface area contributed by atoms with Crippen LogP contribution < -0.4 is 25.8 Å². The van der Waals surface area contributed by atoms with Gasteiger partial charge in [-0.1, -0.05) is 6.07 Å². The van der Waals surface area contributed by atoms with Gasteiger partial charge in [-0.15, -0.1) is 0 Å². The number of piperidine rings is 1. The number of esters is 1. The number of nitrogens with one attached hydrogen (secondary N) is 2. The predicted octanol–water partition coefficient (Wildman–Crippen LogP) is 1.93. The number of hydrogen-bond acceptors (Lipinski definition) is 9. The van der Waals surface area contributed by atoms with Crippen molar-refractivity contribution in [3.05, 3.63) is 35.5 Å². The van der Waals surface area contributed by atoms with Crippen LogP contribution in [0.1, 0.15) is 28.8 Å². The van der Waals surface area contributed by atoms with Crippen LogP contribution in [-0.4, -0.2) is 54.1 Å². The van der Waals surface area contributed by atoms with Crippen LogP contribution in [0.3, 0.4) is 0 Å². The maximum absolute atomic E-state index is 13.0. The number of ketones is 1. The van der Waals surface area contributed by atoms with Crippen molar-refractivity contribution in [2.45, 2.75) is 25.1 Å². The van der Waals surface area contributed by atoms with E-state index in [4.69, 9.17) is 10.5 Å². The second-order valence-corrected chi connectivity index (χ2v) is 6.71. The number of anilines is 2. The lowest BCUT2D eigenvalue weighted by atomic mass is 10.0. The zero-order valence-corrected chi connectivity index (χ0v) is 16.5. The van der Waals surface area contributed by atoms with Crippen molar-refractivity contribution < 1.29 is 32.2 Å². The van der Waals surface area contributed by atoms with Gasteiger partial charge >= 0.3 is 12.1 Å². The molecule has 0 radical (unpaired) electrons. The van der Waals surface area contributed by atoms with Gasteiger partial charge in [0, 0.05) is 12.2 Å². The Labute approximate surface area is 175 Å². The number of carbonyl (C=O) groups is 2. The van der Waals surface area contributed by atoms with Gasteiger partial charge in [0.25, 0.3) is 0 Å². The molecule has 0 unspecified atom stereocenters. The number of alkyl halides is 3. The van der Waals surface area contributed by atoms with E-state index in [0.717, 1.165) is 39.1 Å². The van der Waals surface area contributed by atoms with E-state index in [0.29, 0.717) is 0 Å². The summed E-state index contributed by atoms with van der Waals surface area (Å²) in [5.41, 5.74) is 5.69. The van der Waals surface area contributed by atoms with Crippen LogP contribution in [-0.2, 0) is 4.79 Å². The second kappa shape index (κ2) is 9.16. The molecule has 166 valence electrons. The Kier molecular flexibility index (Phi) is 6.59. The number of para-hydroxylation sites is 1. The molecule has 31 heavy (non-hydrogen) atoms. The monoisotopic (exact) mass is 439 g/mol. The van der Waals surface area contributed by atoms with Gasteiger partial charge in [-0.2, -0.15) is 18.2 Å². The average molecular weight is 439 g/mol. The summed E-state index contributed by atoms with van der Waals surface area (Å²) < 4.78 is 47.0. The molecule has 1 saturated heterocycles. The standard InChI is InChI=1S/C19H20F3N5O4/c1-30-15-11(3-2-4-13(15)31-17(29)19(20,21)22)14(28)12-9-25-18(27-16(12)23)26-10-5-7-24-8-6-10/h2-4,9-10,24H,5-8H2,1H3,(H3,23,25,26,27). The fourth-order valence-corrected chi connectivity index (χ4v) is 3.08. The molecule has 1 aromatic carbocycles. The Bertz CT molecular complexity index is 978. The predicted molar refractivity (Wildman–Crippen MR) is 104 cm³/mol. The first kappa shape index (κ1) is 22.3. The quantitative estimate of drug-likeness (QED) is 0.351. The number of methoxy groups -OCH3 is 1. The summed E-state index contributed by atoms with van der Waals surface area (Å²) in [4.78, 5) is 32.4. The van der Waals surface area contributed by atoms with Gasteiger partial charge < -0.3 is 25.8 Å². The number of nitrogens with zero attached hydrogens (tertiary/aromatic N) is 2. The molecule has 0 saturated carbocycles. The molecule has 0 spiro atoms. The van der Waals surface area contributed by atoms with E-state index in [1.54, 1.807) is 0 Å². The molecule has 4 N–H and O–H groups in total. The minimum absolute atomic E-state index is 0.0755. The Morgan fingerprint density at radius 1 is 1.23 bits per heavy atom. The number of aromatic nitrogens is 2. The Morgan fingerprint density at radius 2 is 1.94 bits per heavy atom. The normalized spacial score (nSPS) is 14.7. The number of rotatable bonds is 6. The molecule has 1 aromatic heterocycles. The zero-order valence-electron chi connectivity index (χ0n) is 16.5. The fourth-order valence-electron chi connectivity index (χ4n) is 3.08.